The monoisotopic (exact) mass is 399 g/mol. The Morgan fingerprint density at radius 1 is 1.19 bits per heavy atom. The smallest absolute Gasteiger partial charge is 0.412 e. The average Bonchev–Trinajstić information content (AvgIpc) is 2.85. The summed E-state index contributed by atoms with van der Waals surface area (Å²) < 4.78 is 17.2. The molecule has 0 aromatic rings. The molecule has 0 bridgehead atoms. The lowest BCUT2D eigenvalue weighted by atomic mass is 9.78. The number of carbonyl (C=O) groups excluding carboxylic acids is 2. The molecule has 1 aliphatic heterocycles. The SMILES string of the molecule is C=C(C(=O)OCC)[C@@]1(O[SiH](C)C)C[C@H](C(C)(C)C)CN1C(=O)OC(C)(C)C. The maximum absolute atomic E-state index is 13.1. The molecule has 27 heavy (non-hydrogen) atoms. The van der Waals surface area contributed by atoms with Gasteiger partial charge in [-0.25, -0.2) is 9.59 Å². The topological polar surface area (TPSA) is 65.1 Å². The Hall–Kier alpha value is -1.34. The highest BCUT2D eigenvalue weighted by Gasteiger charge is 2.56. The molecular weight excluding hydrogens is 362 g/mol. The zero-order valence-corrected chi connectivity index (χ0v) is 19.6. The van der Waals surface area contributed by atoms with Gasteiger partial charge in [0.1, 0.15) is 5.60 Å². The first-order chi connectivity index (χ1) is 12.1. The van der Waals surface area contributed by atoms with Crippen LogP contribution in [0, 0.1) is 11.3 Å². The summed E-state index contributed by atoms with van der Waals surface area (Å²) in [5, 5.41) is 0. The number of hydrogen-bond donors (Lipinski definition) is 0. The zero-order valence-electron chi connectivity index (χ0n) is 18.5. The lowest BCUT2D eigenvalue weighted by Gasteiger charge is -2.40. The van der Waals surface area contributed by atoms with Crippen LogP contribution in [0.15, 0.2) is 12.2 Å². The third-order valence-electron chi connectivity index (χ3n) is 4.62. The Kier molecular flexibility index (Phi) is 7.33. The minimum atomic E-state index is -1.64. The molecule has 0 spiro atoms. The largest absolute Gasteiger partial charge is 0.463 e. The van der Waals surface area contributed by atoms with Crippen LogP contribution in [0.3, 0.4) is 0 Å². The van der Waals surface area contributed by atoms with Gasteiger partial charge in [-0.2, -0.15) is 0 Å². The van der Waals surface area contributed by atoms with Crippen molar-refractivity contribution in [3.05, 3.63) is 12.2 Å². The van der Waals surface area contributed by atoms with E-state index in [1.54, 1.807) is 11.8 Å². The number of amides is 1. The third kappa shape index (κ3) is 5.81. The molecule has 6 nitrogen and oxygen atoms in total. The van der Waals surface area contributed by atoms with E-state index in [9.17, 15) is 9.59 Å². The van der Waals surface area contributed by atoms with E-state index >= 15 is 0 Å². The Balaban J connectivity index is 3.43. The van der Waals surface area contributed by atoms with E-state index in [1.165, 1.54) is 0 Å². The summed E-state index contributed by atoms with van der Waals surface area (Å²) in [5.74, 6) is -0.404. The third-order valence-corrected chi connectivity index (χ3v) is 5.49. The molecule has 1 aliphatic rings. The molecule has 1 saturated heterocycles. The van der Waals surface area contributed by atoms with Gasteiger partial charge in [0.15, 0.2) is 14.8 Å². The molecule has 1 fully saturated rings. The van der Waals surface area contributed by atoms with Crippen LogP contribution in [-0.2, 0) is 18.7 Å². The van der Waals surface area contributed by atoms with E-state index < -0.39 is 32.4 Å². The fourth-order valence-corrected chi connectivity index (χ4v) is 4.38. The summed E-state index contributed by atoms with van der Waals surface area (Å²) >= 11 is 0. The number of nitrogens with zero attached hydrogens (tertiary/aromatic N) is 1. The summed E-state index contributed by atoms with van der Waals surface area (Å²) in [6, 6.07) is 0. The number of likely N-dealkylation sites (tertiary alicyclic amines) is 1. The second kappa shape index (κ2) is 8.35. The van der Waals surface area contributed by atoms with Gasteiger partial charge in [-0.3, -0.25) is 4.90 Å². The molecular formula is C20H37NO5Si. The van der Waals surface area contributed by atoms with Crippen LogP contribution < -0.4 is 0 Å². The van der Waals surface area contributed by atoms with Gasteiger partial charge in [0.05, 0.1) is 12.2 Å². The van der Waals surface area contributed by atoms with Crippen molar-refractivity contribution in [2.24, 2.45) is 11.3 Å². The van der Waals surface area contributed by atoms with Crippen LogP contribution in [0.5, 0.6) is 0 Å². The standard InChI is InChI=1S/C20H37NO5Si/c1-11-24-16(22)14(2)20(26-27(9)10)12-15(18(3,4)5)13-21(20)17(23)25-19(6,7)8/h15,27H,2,11-13H2,1,3-10H3/t15-,20-/m0/s1. The first-order valence-electron chi connectivity index (χ1n) is 9.69. The van der Waals surface area contributed by atoms with E-state index in [0.29, 0.717) is 13.0 Å². The molecule has 0 unspecified atom stereocenters. The van der Waals surface area contributed by atoms with Gasteiger partial charge < -0.3 is 13.9 Å². The molecule has 0 aliphatic carbocycles. The van der Waals surface area contributed by atoms with Crippen LogP contribution in [0.4, 0.5) is 4.79 Å². The van der Waals surface area contributed by atoms with Crippen molar-refractivity contribution in [1.82, 2.24) is 4.90 Å². The Morgan fingerprint density at radius 2 is 1.74 bits per heavy atom. The first-order valence-corrected chi connectivity index (χ1v) is 12.5. The maximum Gasteiger partial charge on any atom is 0.412 e. The van der Waals surface area contributed by atoms with Crippen LogP contribution in [0.2, 0.25) is 13.1 Å². The highest BCUT2D eigenvalue weighted by Crippen LogP contribution is 2.47. The summed E-state index contributed by atoms with van der Waals surface area (Å²) in [6.45, 7) is 22.3. The van der Waals surface area contributed by atoms with Gasteiger partial charge in [-0.05, 0) is 52.1 Å². The van der Waals surface area contributed by atoms with Crippen molar-refractivity contribution >= 4 is 21.1 Å². The van der Waals surface area contributed by atoms with E-state index in [2.05, 4.69) is 27.4 Å². The summed E-state index contributed by atoms with van der Waals surface area (Å²) in [7, 11) is -1.64. The van der Waals surface area contributed by atoms with Crippen molar-refractivity contribution in [2.75, 3.05) is 13.2 Å². The predicted octanol–water partition coefficient (Wildman–Crippen LogP) is 4.11. The molecule has 156 valence electrons. The number of hydrogen-bond acceptors (Lipinski definition) is 5. The van der Waals surface area contributed by atoms with Crippen molar-refractivity contribution in [3.63, 3.8) is 0 Å². The molecule has 1 heterocycles. The number of carbonyl (C=O) groups is 2. The lowest BCUT2D eigenvalue weighted by Crippen LogP contribution is -2.55. The normalized spacial score (nSPS) is 23.5. The highest BCUT2D eigenvalue weighted by atomic mass is 28.3. The van der Waals surface area contributed by atoms with Gasteiger partial charge in [0.2, 0.25) is 0 Å². The van der Waals surface area contributed by atoms with E-state index in [0.717, 1.165) is 0 Å². The quantitative estimate of drug-likeness (QED) is 0.395. The summed E-state index contributed by atoms with van der Waals surface area (Å²) in [4.78, 5) is 27.2. The van der Waals surface area contributed by atoms with Gasteiger partial charge >= 0.3 is 12.1 Å². The van der Waals surface area contributed by atoms with Crippen molar-refractivity contribution < 1.29 is 23.5 Å². The first kappa shape index (κ1) is 23.7. The molecule has 1 amide bonds. The van der Waals surface area contributed by atoms with Gasteiger partial charge in [0.25, 0.3) is 0 Å². The fraction of sp³-hybridized carbons (Fsp3) is 0.800. The van der Waals surface area contributed by atoms with Gasteiger partial charge in [0, 0.05) is 13.0 Å². The highest BCUT2D eigenvalue weighted by molar-refractivity contribution is 6.48. The number of esters is 1. The molecule has 0 radical (unpaired) electrons. The molecule has 0 aromatic carbocycles. The second-order valence-corrected chi connectivity index (χ2v) is 11.8. The van der Waals surface area contributed by atoms with Gasteiger partial charge in [-0.1, -0.05) is 27.4 Å². The van der Waals surface area contributed by atoms with Crippen LogP contribution >= 0.6 is 0 Å². The molecule has 0 aromatic heterocycles. The Morgan fingerprint density at radius 3 is 2.15 bits per heavy atom. The predicted molar refractivity (Wildman–Crippen MR) is 109 cm³/mol. The van der Waals surface area contributed by atoms with Crippen LogP contribution in [0.25, 0.3) is 0 Å². The minimum Gasteiger partial charge on any atom is -0.463 e. The zero-order chi connectivity index (χ0) is 21.2. The van der Waals surface area contributed by atoms with E-state index in [4.69, 9.17) is 13.9 Å². The fourth-order valence-electron chi connectivity index (χ4n) is 3.23. The lowest BCUT2D eigenvalue weighted by molar-refractivity contribution is -0.143. The molecule has 0 saturated carbocycles. The second-order valence-electron chi connectivity index (χ2n) is 9.51. The van der Waals surface area contributed by atoms with E-state index in [-0.39, 0.29) is 23.5 Å². The maximum atomic E-state index is 13.1. The van der Waals surface area contributed by atoms with Crippen molar-refractivity contribution in [3.8, 4) is 0 Å². The van der Waals surface area contributed by atoms with E-state index in [1.807, 2.05) is 33.9 Å². The minimum absolute atomic E-state index is 0.0706. The molecule has 1 rings (SSSR count). The molecule has 0 N–H and O–H groups in total. The molecule has 7 heteroatoms. The Bertz CT molecular complexity index is 576. The summed E-state index contributed by atoms with van der Waals surface area (Å²) in [5.41, 5.74) is -1.77. The number of ether oxygens (including phenoxy) is 2. The average molecular weight is 400 g/mol. The number of rotatable bonds is 5. The Labute approximate surface area is 166 Å². The van der Waals surface area contributed by atoms with Crippen molar-refractivity contribution in [1.29, 1.82) is 0 Å². The van der Waals surface area contributed by atoms with Crippen LogP contribution in [-0.4, -0.2) is 50.5 Å². The van der Waals surface area contributed by atoms with Crippen molar-refractivity contribution in [2.45, 2.75) is 79.3 Å². The summed E-state index contributed by atoms with van der Waals surface area (Å²) in [6.07, 6.45) is 0.00724. The van der Waals surface area contributed by atoms with Crippen LogP contribution in [0.1, 0.15) is 54.9 Å². The van der Waals surface area contributed by atoms with Gasteiger partial charge in [-0.15, -0.1) is 0 Å². The molecule has 2 atom stereocenters.